The van der Waals surface area contributed by atoms with Crippen LogP contribution in [0.15, 0.2) is 17.5 Å². The highest BCUT2D eigenvalue weighted by Gasteiger charge is 2.29. The Balaban J connectivity index is 2.20. The zero-order chi connectivity index (χ0) is 19.5. The van der Waals surface area contributed by atoms with E-state index in [-0.39, 0.29) is 30.7 Å². The van der Waals surface area contributed by atoms with E-state index in [1.807, 2.05) is 0 Å². The lowest BCUT2D eigenvalue weighted by Crippen LogP contribution is -2.17. The Kier molecular flexibility index (Phi) is 6.14. The molecular weight excluding hydrogens is 367 g/mol. The van der Waals surface area contributed by atoms with Gasteiger partial charge in [-0.2, -0.15) is 0 Å². The smallest absolute Gasteiger partial charge is 0.469 e. The topological polar surface area (TPSA) is 166 Å². The second-order valence-corrected chi connectivity index (χ2v) is 7.12. The minimum atomic E-state index is -4.70. The number of nitrogens with zero attached hydrogens (tertiary/aromatic N) is 1. The van der Waals surface area contributed by atoms with Gasteiger partial charge in [0.2, 0.25) is 0 Å². The minimum Gasteiger partial charge on any atom is -0.506 e. The maximum absolute atomic E-state index is 11.1. The molecule has 11 heteroatoms. The molecule has 0 bridgehead atoms. The number of hydrogen-bond donors (Lipinski definition) is 5. The number of nitrogens with one attached hydrogen (secondary N) is 1. The summed E-state index contributed by atoms with van der Waals surface area (Å²) in [4.78, 5) is 43.8. The van der Waals surface area contributed by atoms with Crippen molar-refractivity contribution in [3.05, 3.63) is 34.3 Å². The fourth-order valence-corrected chi connectivity index (χ4v) is 2.98. The number of allylic oxidation sites excluding steroid dienone is 2. The average Bonchev–Trinajstić information content (AvgIpc) is 2.97. The van der Waals surface area contributed by atoms with Crippen molar-refractivity contribution in [3.63, 3.8) is 0 Å². The molecule has 0 aromatic carbocycles. The summed E-state index contributed by atoms with van der Waals surface area (Å²) < 4.78 is 15.3. The zero-order valence-corrected chi connectivity index (χ0v) is 14.8. The Morgan fingerprint density at radius 3 is 2.73 bits per heavy atom. The first-order chi connectivity index (χ1) is 12.1. The average molecular weight is 386 g/mol. The number of hydrogen-bond acceptors (Lipinski definition) is 7. The van der Waals surface area contributed by atoms with Gasteiger partial charge in [0.05, 0.1) is 18.2 Å². The van der Waals surface area contributed by atoms with E-state index < -0.39 is 26.3 Å². The normalized spacial score (nSPS) is 17.4. The van der Waals surface area contributed by atoms with Crippen LogP contribution in [0, 0.1) is 12.8 Å². The van der Waals surface area contributed by atoms with Crippen LogP contribution in [0.25, 0.3) is 0 Å². The summed E-state index contributed by atoms with van der Waals surface area (Å²) in [6.07, 6.45) is 2.20. The third kappa shape index (κ3) is 4.89. The molecule has 1 aliphatic rings. The number of aryl methyl sites for hydroxylation is 1. The van der Waals surface area contributed by atoms with Crippen molar-refractivity contribution >= 4 is 20.1 Å². The molecule has 1 unspecified atom stereocenters. The van der Waals surface area contributed by atoms with Crippen LogP contribution in [-0.4, -0.2) is 37.2 Å². The molecule has 1 heterocycles. The van der Waals surface area contributed by atoms with Gasteiger partial charge in [0.15, 0.2) is 0 Å². The molecule has 0 aliphatic heterocycles. The number of carboxylic acids is 1. The van der Waals surface area contributed by atoms with Crippen LogP contribution < -0.4 is 5.32 Å². The van der Waals surface area contributed by atoms with Crippen molar-refractivity contribution in [2.75, 3.05) is 0 Å². The molecule has 26 heavy (non-hydrogen) atoms. The van der Waals surface area contributed by atoms with Gasteiger partial charge in [-0.3, -0.25) is 19.1 Å². The number of aromatic hydroxyl groups is 1. The third-order valence-corrected chi connectivity index (χ3v) is 4.56. The number of rotatable bonds is 8. The number of aldehydes is 1. The SMILES string of the molecule is Cc1ncc(COP(=O)(O)O)c(CNC2=C(C=O)CC(C(=O)O)C2)c1O. The van der Waals surface area contributed by atoms with Gasteiger partial charge in [-0.25, -0.2) is 4.57 Å². The predicted molar refractivity (Wildman–Crippen MR) is 87.8 cm³/mol. The van der Waals surface area contributed by atoms with Crippen LogP contribution in [0.4, 0.5) is 0 Å². The first-order valence-corrected chi connectivity index (χ1v) is 9.15. The maximum Gasteiger partial charge on any atom is 0.469 e. The van der Waals surface area contributed by atoms with E-state index in [1.165, 1.54) is 6.20 Å². The quantitative estimate of drug-likeness (QED) is 0.318. The summed E-state index contributed by atoms with van der Waals surface area (Å²) in [7, 11) is -4.70. The van der Waals surface area contributed by atoms with Gasteiger partial charge in [0.1, 0.15) is 12.0 Å². The molecule has 0 radical (unpaired) electrons. The molecule has 5 N–H and O–H groups in total. The molecule has 1 aliphatic carbocycles. The summed E-state index contributed by atoms with van der Waals surface area (Å²) in [5.74, 6) is -1.87. The van der Waals surface area contributed by atoms with Gasteiger partial charge in [-0.15, -0.1) is 0 Å². The maximum atomic E-state index is 11.1. The largest absolute Gasteiger partial charge is 0.506 e. The molecule has 0 saturated heterocycles. The number of phosphoric acid groups is 1. The van der Waals surface area contributed by atoms with E-state index in [4.69, 9.17) is 14.9 Å². The number of aliphatic carboxylic acids is 1. The van der Waals surface area contributed by atoms with Crippen LogP contribution in [-0.2, 0) is 31.8 Å². The van der Waals surface area contributed by atoms with Gasteiger partial charge >= 0.3 is 13.8 Å². The molecule has 1 aromatic rings. The molecule has 1 atom stereocenters. The van der Waals surface area contributed by atoms with E-state index in [0.29, 0.717) is 28.8 Å². The molecule has 1 aromatic heterocycles. The van der Waals surface area contributed by atoms with E-state index in [0.717, 1.165) is 0 Å². The van der Waals surface area contributed by atoms with E-state index in [1.54, 1.807) is 6.92 Å². The first-order valence-electron chi connectivity index (χ1n) is 7.62. The summed E-state index contributed by atoms with van der Waals surface area (Å²) >= 11 is 0. The van der Waals surface area contributed by atoms with Crippen LogP contribution in [0.3, 0.4) is 0 Å². The second-order valence-electron chi connectivity index (χ2n) is 5.88. The Hall–Kier alpha value is -2.26. The van der Waals surface area contributed by atoms with Crippen molar-refractivity contribution < 1.29 is 38.7 Å². The van der Waals surface area contributed by atoms with Crippen LogP contribution in [0.5, 0.6) is 5.75 Å². The molecule has 0 amide bonds. The van der Waals surface area contributed by atoms with Gasteiger partial charge < -0.3 is 25.3 Å². The summed E-state index contributed by atoms with van der Waals surface area (Å²) in [6, 6.07) is 0. The molecule has 0 fully saturated rings. The Bertz CT molecular complexity index is 801. The number of carbonyl (C=O) groups excluding carboxylic acids is 1. The molecule has 2 rings (SSSR count). The van der Waals surface area contributed by atoms with E-state index in [2.05, 4.69) is 14.8 Å². The summed E-state index contributed by atoms with van der Waals surface area (Å²) in [5.41, 5.74) is 1.66. The fourth-order valence-electron chi connectivity index (χ4n) is 2.67. The van der Waals surface area contributed by atoms with Gasteiger partial charge in [0, 0.05) is 41.6 Å². The lowest BCUT2D eigenvalue weighted by atomic mass is 10.1. The number of pyridine rings is 1. The Labute approximate surface area is 148 Å². The molecule has 0 spiro atoms. The highest BCUT2D eigenvalue weighted by Crippen LogP contribution is 2.38. The Morgan fingerprint density at radius 1 is 1.46 bits per heavy atom. The van der Waals surface area contributed by atoms with Crippen molar-refractivity contribution in [1.82, 2.24) is 10.3 Å². The zero-order valence-electron chi connectivity index (χ0n) is 13.9. The number of phosphoric ester groups is 1. The van der Waals surface area contributed by atoms with Crippen molar-refractivity contribution in [2.45, 2.75) is 32.9 Å². The molecule has 0 saturated carbocycles. The Morgan fingerprint density at radius 2 is 2.15 bits per heavy atom. The molecule has 142 valence electrons. The highest BCUT2D eigenvalue weighted by atomic mass is 31.2. The van der Waals surface area contributed by atoms with Crippen molar-refractivity contribution in [1.29, 1.82) is 0 Å². The van der Waals surface area contributed by atoms with Gasteiger partial charge in [-0.05, 0) is 13.3 Å². The number of carbonyl (C=O) groups is 2. The van der Waals surface area contributed by atoms with E-state index >= 15 is 0 Å². The summed E-state index contributed by atoms with van der Waals surface area (Å²) in [5, 5.41) is 22.2. The first kappa shape index (κ1) is 20.1. The standard InChI is InChI=1S/C15H19N2O8P/c1-8-14(19)12(11(4-16-8)7-25-26(22,23)24)5-17-13-3-9(15(20)21)2-10(13)6-18/h4,6,9,17,19H,2-3,5,7H2,1H3,(H,20,21)(H2,22,23,24). The number of aromatic nitrogens is 1. The van der Waals surface area contributed by atoms with Crippen LogP contribution >= 0.6 is 7.82 Å². The van der Waals surface area contributed by atoms with Crippen molar-refractivity contribution in [2.24, 2.45) is 5.92 Å². The predicted octanol–water partition coefficient (Wildman–Crippen LogP) is 0.742. The van der Waals surface area contributed by atoms with Crippen LogP contribution in [0.1, 0.15) is 29.7 Å². The number of carboxylic acid groups (broad SMARTS) is 1. The lowest BCUT2D eigenvalue weighted by molar-refractivity contribution is -0.141. The second kappa shape index (κ2) is 7.96. The van der Waals surface area contributed by atoms with Gasteiger partial charge in [0.25, 0.3) is 0 Å². The lowest BCUT2D eigenvalue weighted by Gasteiger charge is -2.16. The fraction of sp³-hybridized carbons (Fsp3) is 0.400. The van der Waals surface area contributed by atoms with E-state index in [9.17, 15) is 19.3 Å². The van der Waals surface area contributed by atoms with Crippen LogP contribution in [0.2, 0.25) is 0 Å². The highest BCUT2D eigenvalue weighted by molar-refractivity contribution is 7.46. The molecule has 10 nitrogen and oxygen atoms in total. The summed E-state index contributed by atoms with van der Waals surface area (Å²) in [6.45, 7) is 1.09. The third-order valence-electron chi connectivity index (χ3n) is 4.09. The van der Waals surface area contributed by atoms with Crippen molar-refractivity contribution in [3.8, 4) is 5.75 Å². The minimum absolute atomic E-state index is 0.00799. The molecular formula is C15H19N2O8P. The monoisotopic (exact) mass is 386 g/mol. The van der Waals surface area contributed by atoms with Gasteiger partial charge in [-0.1, -0.05) is 0 Å².